The van der Waals surface area contributed by atoms with Gasteiger partial charge in [0.15, 0.2) is 5.96 Å². The normalized spacial score (nSPS) is 15.7. The number of guanidine groups is 1. The fourth-order valence-electron chi connectivity index (χ4n) is 2.79. The van der Waals surface area contributed by atoms with Gasteiger partial charge in [0, 0.05) is 33.4 Å². The number of nitrogens with zero attached hydrogens (tertiary/aromatic N) is 2. The highest BCUT2D eigenvalue weighted by Gasteiger charge is 2.15. The number of nitrogens with one attached hydrogen (secondary N) is 1. The van der Waals surface area contributed by atoms with E-state index in [1.54, 1.807) is 6.07 Å². The Hall–Kier alpha value is -0.890. The number of rotatable bonds is 6. The van der Waals surface area contributed by atoms with E-state index in [1.807, 2.05) is 6.07 Å². The second-order valence-corrected chi connectivity index (χ2v) is 6.07. The molecule has 0 spiro atoms. The molecule has 6 heteroatoms. The van der Waals surface area contributed by atoms with Crippen LogP contribution in [0.5, 0.6) is 0 Å². The van der Waals surface area contributed by atoms with Gasteiger partial charge in [0.2, 0.25) is 0 Å². The van der Waals surface area contributed by atoms with E-state index < -0.39 is 0 Å². The number of halogens is 2. The average Bonchev–Trinajstić information content (AvgIpc) is 2.57. The van der Waals surface area contributed by atoms with Crippen LogP contribution in [-0.2, 0) is 11.3 Å². The van der Waals surface area contributed by atoms with Crippen molar-refractivity contribution in [2.24, 2.45) is 10.9 Å². The van der Waals surface area contributed by atoms with Gasteiger partial charge in [-0.3, -0.25) is 0 Å². The topological polar surface area (TPSA) is 36.9 Å². The largest absolute Gasteiger partial charge is 0.381 e. The molecule has 0 unspecified atom stereocenters. The molecule has 0 aliphatic carbocycles. The van der Waals surface area contributed by atoms with Gasteiger partial charge in [-0.2, -0.15) is 0 Å². The van der Waals surface area contributed by atoms with E-state index in [0.29, 0.717) is 6.54 Å². The Morgan fingerprint density at radius 3 is 2.79 bits per heavy atom. The van der Waals surface area contributed by atoms with Crippen LogP contribution in [-0.4, -0.2) is 44.2 Å². The van der Waals surface area contributed by atoms with Crippen molar-refractivity contribution >= 4 is 29.9 Å². The summed E-state index contributed by atoms with van der Waals surface area (Å²) in [6.45, 7) is 6.12. The summed E-state index contributed by atoms with van der Waals surface area (Å²) in [6.07, 6.45) is 3.47. The molecule has 0 atom stereocenters. The Balaban J connectivity index is 0.00000288. The van der Waals surface area contributed by atoms with Crippen molar-refractivity contribution in [1.29, 1.82) is 0 Å². The summed E-state index contributed by atoms with van der Waals surface area (Å²) >= 11 is 0. The number of ether oxygens (including phenoxy) is 1. The molecule has 0 bridgehead atoms. The minimum Gasteiger partial charge on any atom is -0.381 e. The van der Waals surface area contributed by atoms with Gasteiger partial charge in [0.05, 0.1) is 6.54 Å². The van der Waals surface area contributed by atoms with Crippen molar-refractivity contribution in [1.82, 2.24) is 10.2 Å². The van der Waals surface area contributed by atoms with Crippen LogP contribution in [0.2, 0.25) is 0 Å². The monoisotopic (exact) mass is 449 g/mol. The lowest BCUT2D eigenvalue weighted by Gasteiger charge is -2.26. The molecule has 0 saturated carbocycles. The van der Waals surface area contributed by atoms with Crippen LogP contribution in [0.1, 0.15) is 31.7 Å². The Morgan fingerprint density at radius 2 is 2.12 bits per heavy atom. The van der Waals surface area contributed by atoms with Crippen molar-refractivity contribution in [3.8, 4) is 0 Å². The molecule has 24 heavy (non-hydrogen) atoms. The summed E-state index contributed by atoms with van der Waals surface area (Å²) in [5, 5.41) is 3.31. The number of hydrogen-bond donors (Lipinski definition) is 1. The fourth-order valence-corrected chi connectivity index (χ4v) is 2.79. The molecule has 4 nitrogen and oxygen atoms in total. The number of aliphatic imine (C=N–C) groups is 1. The van der Waals surface area contributed by atoms with E-state index in [9.17, 15) is 4.39 Å². The third-order valence-electron chi connectivity index (χ3n) is 4.21. The van der Waals surface area contributed by atoms with Gasteiger partial charge in [-0.15, -0.1) is 24.0 Å². The van der Waals surface area contributed by atoms with Crippen molar-refractivity contribution < 1.29 is 9.13 Å². The van der Waals surface area contributed by atoms with Crippen LogP contribution in [0.25, 0.3) is 0 Å². The lowest BCUT2D eigenvalue weighted by molar-refractivity contribution is 0.0625. The number of benzene rings is 1. The molecule has 1 heterocycles. The molecular formula is C18H29FIN3O. The molecule has 1 fully saturated rings. The third kappa shape index (κ3) is 7.34. The SMILES string of the molecule is CCNC(=NCc1cccc(F)c1)N(C)CCC1CCOCC1.I. The highest BCUT2D eigenvalue weighted by molar-refractivity contribution is 14.0. The van der Waals surface area contributed by atoms with Crippen molar-refractivity contribution in [3.63, 3.8) is 0 Å². The van der Waals surface area contributed by atoms with Gasteiger partial charge in [-0.05, 0) is 49.8 Å². The van der Waals surface area contributed by atoms with Crippen molar-refractivity contribution in [2.75, 3.05) is 33.4 Å². The minimum atomic E-state index is -0.212. The highest BCUT2D eigenvalue weighted by atomic mass is 127. The highest BCUT2D eigenvalue weighted by Crippen LogP contribution is 2.18. The van der Waals surface area contributed by atoms with E-state index in [4.69, 9.17) is 4.74 Å². The first-order valence-corrected chi connectivity index (χ1v) is 8.50. The Morgan fingerprint density at radius 1 is 1.38 bits per heavy atom. The fraction of sp³-hybridized carbons (Fsp3) is 0.611. The summed E-state index contributed by atoms with van der Waals surface area (Å²) in [6, 6.07) is 6.62. The molecule has 0 radical (unpaired) electrons. The summed E-state index contributed by atoms with van der Waals surface area (Å²) < 4.78 is 18.6. The Kier molecular flexibility index (Phi) is 10.2. The predicted octanol–water partition coefficient (Wildman–Crippen LogP) is 3.66. The second-order valence-electron chi connectivity index (χ2n) is 6.07. The molecule has 1 N–H and O–H groups in total. The molecule has 1 aliphatic rings. The first-order valence-electron chi connectivity index (χ1n) is 8.50. The third-order valence-corrected chi connectivity index (χ3v) is 4.21. The van der Waals surface area contributed by atoms with Crippen LogP contribution in [0, 0.1) is 11.7 Å². The van der Waals surface area contributed by atoms with Gasteiger partial charge in [-0.25, -0.2) is 9.38 Å². The second kappa shape index (κ2) is 11.6. The maximum Gasteiger partial charge on any atom is 0.193 e. The quantitative estimate of drug-likeness (QED) is 0.409. The van der Waals surface area contributed by atoms with Crippen LogP contribution in [0.3, 0.4) is 0 Å². The van der Waals surface area contributed by atoms with E-state index in [-0.39, 0.29) is 29.8 Å². The Bertz CT molecular complexity index is 507. The molecular weight excluding hydrogens is 420 g/mol. The van der Waals surface area contributed by atoms with Crippen molar-refractivity contribution in [2.45, 2.75) is 32.7 Å². The van der Waals surface area contributed by atoms with Crippen LogP contribution in [0.4, 0.5) is 4.39 Å². The van der Waals surface area contributed by atoms with Gasteiger partial charge < -0.3 is 15.0 Å². The van der Waals surface area contributed by atoms with E-state index in [0.717, 1.165) is 63.0 Å². The summed E-state index contributed by atoms with van der Waals surface area (Å²) in [4.78, 5) is 6.79. The molecule has 1 aromatic rings. The molecule has 1 aromatic carbocycles. The van der Waals surface area contributed by atoms with Crippen molar-refractivity contribution in [3.05, 3.63) is 35.6 Å². The van der Waals surface area contributed by atoms with Crippen LogP contribution >= 0.6 is 24.0 Å². The van der Waals surface area contributed by atoms with E-state index in [2.05, 4.69) is 29.2 Å². The first-order chi connectivity index (χ1) is 11.2. The van der Waals surface area contributed by atoms with Gasteiger partial charge >= 0.3 is 0 Å². The average molecular weight is 449 g/mol. The lowest BCUT2D eigenvalue weighted by Crippen LogP contribution is -2.40. The minimum absolute atomic E-state index is 0. The van der Waals surface area contributed by atoms with E-state index >= 15 is 0 Å². The molecule has 1 aliphatic heterocycles. The van der Waals surface area contributed by atoms with Crippen LogP contribution < -0.4 is 5.32 Å². The molecule has 1 saturated heterocycles. The van der Waals surface area contributed by atoms with E-state index in [1.165, 1.54) is 12.1 Å². The van der Waals surface area contributed by atoms with Gasteiger partial charge in [0.1, 0.15) is 5.82 Å². The maximum atomic E-state index is 13.2. The molecule has 0 amide bonds. The zero-order valence-corrected chi connectivity index (χ0v) is 17.0. The zero-order valence-electron chi connectivity index (χ0n) is 14.6. The van der Waals surface area contributed by atoms with Gasteiger partial charge in [0.25, 0.3) is 0 Å². The Labute approximate surface area is 161 Å². The zero-order chi connectivity index (χ0) is 16.5. The van der Waals surface area contributed by atoms with Gasteiger partial charge in [-0.1, -0.05) is 12.1 Å². The summed E-state index contributed by atoms with van der Waals surface area (Å²) in [7, 11) is 2.06. The molecule has 0 aromatic heterocycles. The maximum absolute atomic E-state index is 13.2. The summed E-state index contributed by atoms with van der Waals surface area (Å²) in [5.74, 6) is 1.41. The smallest absolute Gasteiger partial charge is 0.193 e. The standard InChI is InChI=1S/C18H28FN3O.HI/c1-3-20-18(21-14-16-5-4-6-17(19)13-16)22(2)10-7-15-8-11-23-12-9-15;/h4-6,13,15H,3,7-12,14H2,1-2H3,(H,20,21);1H. The lowest BCUT2D eigenvalue weighted by atomic mass is 9.96. The first kappa shape index (κ1) is 21.2. The predicted molar refractivity (Wildman–Crippen MR) is 107 cm³/mol. The van der Waals surface area contributed by atoms with Crippen LogP contribution in [0.15, 0.2) is 29.3 Å². The molecule has 136 valence electrons. The number of hydrogen-bond acceptors (Lipinski definition) is 2. The summed E-state index contributed by atoms with van der Waals surface area (Å²) in [5.41, 5.74) is 0.887. The molecule has 2 rings (SSSR count).